The molecule has 1 saturated carbocycles. The minimum atomic E-state index is -0.353. The van der Waals surface area contributed by atoms with Gasteiger partial charge in [0.15, 0.2) is 0 Å². The van der Waals surface area contributed by atoms with E-state index >= 15 is 0 Å². The van der Waals surface area contributed by atoms with Crippen LogP contribution < -0.4 is 0 Å². The van der Waals surface area contributed by atoms with E-state index in [4.69, 9.17) is 4.74 Å². The fraction of sp³-hybridized carbons (Fsp3) is 1.00. The van der Waals surface area contributed by atoms with E-state index in [2.05, 4.69) is 18.2 Å². The molecular formula is C11H23NO2S. The van der Waals surface area contributed by atoms with Crippen LogP contribution in [0.1, 0.15) is 19.3 Å². The molecule has 1 N–H and O–H groups in total. The zero-order chi connectivity index (χ0) is 11.3. The van der Waals surface area contributed by atoms with Gasteiger partial charge in [-0.25, -0.2) is 0 Å². The predicted octanol–water partition coefficient (Wildman–Crippen LogP) is 1.21. The molecule has 0 aliphatic heterocycles. The van der Waals surface area contributed by atoms with E-state index in [0.717, 1.165) is 11.8 Å². The maximum Gasteiger partial charge on any atom is 0.0900 e. The lowest BCUT2D eigenvalue weighted by Crippen LogP contribution is -2.38. The normalized spacial score (nSPS) is 28.6. The Hall–Kier alpha value is 0.230. The summed E-state index contributed by atoms with van der Waals surface area (Å²) in [5.74, 6) is 0. The highest BCUT2D eigenvalue weighted by atomic mass is 32.2. The summed E-state index contributed by atoms with van der Waals surface area (Å²) < 4.78 is 4.93. The Kier molecular flexibility index (Phi) is 5.97. The number of aliphatic hydroxyl groups excluding tert-OH is 1. The van der Waals surface area contributed by atoms with Crippen molar-refractivity contribution in [1.29, 1.82) is 0 Å². The molecule has 0 spiro atoms. The van der Waals surface area contributed by atoms with Gasteiger partial charge in [-0.1, -0.05) is 0 Å². The molecule has 1 rings (SSSR count). The van der Waals surface area contributed by atoms with Gasteiger partial charge in [-0.3, -0.25) is 0 Å². The molecule has 0 saturated heterocycles. The molecule has 0 radical (unpaired) electrons. The first-order valence-electron chi connectivity index (χ1n) is 5.57. The number of ether oxygens (including phenoxy) is 1. The summed E-state index contributed by atoms with van der Waals surface area (Å²) in [6, 6.07) is 0.647. The van der Waals surface area contributed by atoms with Crippen LogP contribution in [0.15, 0.2) is 0 Å². The Labute approximate surface area is 97.2 Å². The van der Waals surface area contributed by atoms with E-state index < -0.39 is 0 Å². The average molecular weight is 233 g/mol. The van der Waals surface area contributed by atoms with Crippen molar-refractivity contribution in [2.75, 3.05) is 33.6 Å². The summed E-state index contributed by atoms with van der Waals surface area (Å²) in [7, 11) is 3.73. The number of hydrogen-bond acceptors (Lipinski definition) is 4. The fourth-order valence-corrected chi connectivity index (χ4v) is 3.04. The van der Waals surface area contributed by atoms with Gasteiger partial charge in [-0.2, -0.15) is 11.8 Å². The fourth-order valence-electron chi connectivity index (χ4n) is 2.26. The van der Waals surface area contributed by atoms with Crippen molar-refractivity contribution in [2.45, 2.75) is 36.7 Å². The molecule has 1 fully saturated rings. The van der Waals surface area contributed by atoms with Crippen molar-refractivity contribution < 1.29 is 9.84 Å². The minimum Gasteiger partial charge on any atom is -0.389 e. The Morgan fingerprint density at radius 2 is 2.27 bits per heavy atom. The monoisotopic (exact) mass is 233 g/mol. The van der Waals surface area contributed by atoms with Crippen LogP contribution in [0.25, 0.3) is 0 Å². The Morgan fingerprint density at radius 1 is 1.53 bits per heavy atom. The molecule has 15 heavy (non-hydrogen) atoms. The van der Waals surface area contributed by atoms with Gasteiger partial charge >= 0.3 is 0 Å². The molecule has 90 valence electrons. The maximum atomic E-state index is 9.63. The van der Waals surface area contributed by atoms with Crippen LogP contribution in [0, 0.1) is 0 Å². The summed E-state index contributed by atoms with van der Waals surface area (Å²) in [5.41, 5.74) is 0. The van der Waals surface area contributed by atoms with Gasteiger partial charge in [-0.15, -0.1) is 0 Å². The second-order valence-corrected chi connectivity index (χ2v) is 5.51. The van der Waals surface area contributed by atoms with Crippen LogP contribution in [0.4, 0.5) is 0 Å². The van der Waals surface area contributed by atoms with Crippen LogP contribution in [0.2, 0.25) is 0 Å². The highest BCUT2D eigenvalue weighted by Gasteiger charge is 2.27. The number of aliphatic hydroxyl groups is 1. The second-order valence-electron chi connectivity index (χ2n) is 4.37. The third kappa shape index (κ3) is 4.31. The van der Waals surface area contributed by atoms with Crippen LogP contribution in [-0.4, -0.2) is 61.0 Å². The molecular weight excluding hydrogens is 210 g/mol. The number of rotatable bonds is 6. The van der Waals surface area contributed by atoms with Gasteiger partial charge in [-0.05, 0) is 32.6 Å². The highest BCUT2D eigenvalue weighted by Crippen LogP contribution is 2.30. The number of nitrogens with zero attached hydrogens (tertiary/aromatic N) is 1. The van der Waals surface area contributed by atoms with Crippen molar-refractivity contribution in [2.24, 2.45) is 0 Å². The molecule has 0 heterocycles. The Morgan fingerprint density at radius 3 is 2.80 bits per heavy atom. The summed E-state index contributed by atoms with van der Waals surface area (Å²) in [6.07, 6.45) is 5.68. The van der Waals surface area contributed by atoms with Crippen LogP contribution in [-0.2, 0) is 4.74 Å². The number of methoxy groups -OCH3 is 1. The highest BCUT2D eigenvalue weighted by molar-refractivity contribution is 7.99. The minimum absolute atomic E-state index is 0.353. The van der Waals surface area contributed by atoms with Crippen LogP contribution in [0.3, 0.4) is 0 Å². The molecule has 0 aromatic carbocycles. The summed E-state index contributed by atoms with van der Waals surface area (Å²) in [5, 5.41) is 10.4. The predicted molar refractivity (Wildman–Crippen MR) is 65.5 cm³/mol. The van der Waals surface area contributed by atoms with Gasteiger partial charge < -0.3 is 14.7 Å². The smallest absolute Gasteiger partial charge is 0.0900 e. The van der Waals surface area contributed by atoms with E-state index in [0.29, 0.717) is 12.6 Å². The van der Waals surface area contributed by atoms with Gasteiger partial charge in [0.1, 0.15) is 0 Å². The number of likely N-dealkylation sites (N-methyl/N-ethyl adjacent to an activating group) is 1. The van der Waals surface area contributed by atoms with Gasteiger partial charge in [0.2, 0.25) is 0 Å². The zero-order valence-electron chi connectivity index (χ0n) is 9.98. The van der Waals surface area contributed by atoms with E-state index in [1.807, 2.05) is 11.8 Å². The third-order valence-corrected chi connectivity index (χ3v) is 4.27. The lowest BCUT2D eigenvalue weighted by Gasteiger charge is -2.26. The SMILES string of the molecule is COC[C@H](O)CN(C)[C@H]1CC[C@@H](SC)C1. The zero-order valence-corrected chi connectivity index (χ0v) is 10.8. The molecule has 0 unspecified atom stereocenters. The second kappa shape index (κ2) is 6.74. The lowest BCUT2D eigenvalue weighted by molar-refractivity contribution is 0.0348. The van der Waals surface area contributed by atoms with Crippen LogP contribution >= 0.6 is 11.8 Å². The van der Waals surface area contributed by atoms with Gasteiger partial charge in [0, 0.05) is 24.9 Å². The average Bonchev–Trinajstić information content (AvgIpc) is 2.66. The molecule has 1 aliphatic carbocycles. The first-order chi connectivity index (χ1) is 7.17. The molecule has 0 bridgehead atoms. The van der Waals surface area contributed by atoms with E-state index in [1.165, 1.54) is 19.3 Å². The Bertz CT molecular complexity index is 180. The first kappa shape index (κ1) is 13.3. The van der Waals surface area contributed by atoms with Gasteiger partial charge in [0.05, 0.1) is 12.7 Å². The molecule has 3 atom stereocenters. The molecule has 1 aliphatic rings. The maximum absolute atomic E-state index is 9.63. The first-order valence-corrected chi connectivity index (χ1v) is 6.86. The van der Waals surface area contributed by atoms with E-state index in [9.17, 15) is 5.11 Å². The number of hydrogen-bond donors (Lipinski definition) is 1. The van der Waals surface area contributed by atoms with Crippen molar-refractivity contribution >= 4 is 11.8 Å². The topological polar surface area (TPSA) is 32.7 Å². The summed E-state index contributed by atoms with van der Waals surface area (Å²) in [4.78, 5) is 2.28. The van der Waals surface area contributed by atoms with Crippen molar-refractivity contribution in [3.05, 3.63) is 0 Å². The van der Waals surface area contributed by atoms with E-state index in [1.54, 1.807) is 7.11 Å². The van der Waals surface area contributed by atoms with Crippen molar-refractivity contribution in [3.63, 3.8) is 0 Å². The largest absolute Gasteiger partial charge is 0.389 e. The molecule has 4 heteroatoms. The lowest BCUT2D eigenvalue weighted by atomic mass is 10.2. The summed E-state index contributed by atoms with van der Waals surface area (Å²) in [6.45, 7) is 1.16. The third-order valence-electron chi connectivity index (χ3n) is 3.17. The van der Waals surface area contributed by atoms with E-state index in [-0.39, 0.29) is 6.10 Å². The number of thioether (sulfide) groups is 1. The van der Waals surface area contributed by atoms with Crippen molar-refractivity contribution in [3.8, 4) is 0 Å². The standard InChI is InChI=1S/C11H23NO2S/c1-12(7-10(13)8-14-2)9-4-5-11(6-9)15-3/h9-11,13H,4-8H2,1-3H3/t9-,10+,11+/m0/s1. The molecule has 3 nitrogen and oxygen atoms in total. The van der Waals surface area contributed by atoms with Crippen molar-refractivity contribution in [1.82, 2.24) is 4.90 Å². The molecule has 0 aromatic rings. The summed E-state index contributed by atoms with van der Waals surface area (Å²) >= 11 is 1.97. The van der Waals surface area contributed by atoms with Gasteiger partial charge in [0.25, 0.3) is 0 Å². The van der Waals surface area contributed by atoms with Crippen LogP contribution in [0.5, 0.6) is 0 Å². The Balaban J connectivity index is 2.25. The molecule has 0 amide bonds. The molecule has 0 aromatic heterocycles. The quantitative estimate of drug-likeness (QED) is 0.747.